The lowest BCUT2D eigenvalue weighted by Crippen LogP contribution is -2.37. The Balaban J connectivity index is 1.51. The van der Waals surface area contributed by atoms with Crippen LogP contribution >= 0.6 is 0 Å². The van der Waals surface area contributed by atoms with E-state index >= 15 is 0 Å². The molecule has 7 nitrogen and oxygen atoms in total. The third kappa shape index (κ3) is 3.41. The fourth-order valence-corrected chi connectivity index (χ4v) is 2.72. The molecule has 2 aromatic heterocycles. The van der Waals surface area contributed by atoms with E-state index in [0.717, 1.165) is 31.2 Å². The summed E-state index contributed by atoms with van der Waals surface area (Å²) in [6, 6.07) is 3.69. The number of pyridine rings is 1. The highest BCUT2D eigenvalue weighted by Crippen LogP contribution is 2.23. The fraction of sp³-hybridized carbons (Fsp3) is 0.467. The Labute approximate surface area is 128 Å². The van der Waals surface area contributed by atoms with E-state index in [1.165, 1.54) is 4.90 Å². The molecular formula is C15H18N4O3. The third-order valence-electron chi connectivity index (χ3n) is 4.06. The summed E-state index contributed by atoms with van der Waals surface area (Å²) in [7, 11) is 0. The molecule has 3 rings (SSSR count). The smallest absolute Gasteiger partial charge is 0.407 e. The van der Waals surface area contributed by atoms with E-state index in [0.29, 0.717) is 30.7 Å². The summed E-state index contributed by atoms with van der Waals surface area (Å²) >= 11 is 0. The van der Waals surface area contributed by atoms with Crippen LogP contribution in [0.15, 0.2) is 29.0 Å². The van der Waals surface area contributed by atoms with Crippen molar-refractivity contribution in [1.29, 1.82) is 0 Å². The van der Waals surface area contributed by atoms with Crippen molar-refractivity contribution in [3.8, 4) is 11.4 Å². The quantitative estimate of drug-likeness (QED) is 0.932. The van der Waals surface area contributed by atoms with Gasteiger partial charge in [-0.3, -0.25) is 4.98 Å². The van der Waals surface area contributed by atoms with Gasteiger partial charge in [0.1, 0.15) is 0 Å². The molecule has 1 aliphatic heterocycles. The molecule has 116 valence electrons. The van der Waals surface area contributed by atoms with Crippen LogP contribution in [0.2, 0.25) is 0 Å². The van der Waals surface area contributed by atoms with Gasteiger partial charge in [0, 0.05) is 37.5 Å². The summed E-state index contributed by atoms with van der Waals surface area (Å²) in [5.74, 6) is 1.73. The summed E-state index contributed by atoms with van der Waals surface area (Å²) in [5.41, 5.74) is 0.889. The molecule has 3 heterocycles. The maximum absolute atomic E-state index is 10.9. The number of hydrogen-bond donors (Lipinski definition) is 1. The Morgan fingerprint density at radius 3 is 2.73 bits per heavy atom. The number of rotatable bonds is 4. The van der Waals surface area contributed by atoms with Gasteiger partial charge in [0.15, 0.2) is 0 Å². The topological polar surface area (TPSA) is 92.3 Å². The molecule has 1 fully saturated rings. The first-order valence-corrected chi connectivity index (χ1v) is 7.43. The maximum atomic E-state index is 10.9. The first-order chi connectivity index (χ1) is 10.7. The normalized spacial score (nSPS) is 15.9. The van der Waals surface area contributed by atoms with Gasteiger partial charge in [0.25, 0.3) is 0 Å². The van der Waals surface area contributed by atoms with Crippen molar-refractivity contribution in [3.05, 3.63) is 30.4 Å². The SMILES string of the molecule is O=C(O)N1CCC(CCc2nc(-c3ccncc3)no2)CC1. The van der Waals surface area contributed by atoms with Crippen LogP contribution in [0, 0.1) is 5.92 Å². The number of carbonyl (C=O) groups is 1. The van der Waals surface area contributed by atoms with E-state index in [-0.39, 0.29) is 0 Å². The average Bonchev–Trinajstić information content (AvgIpc) is 3.03. The number of likely N-dealkylation sites (tertiary alicyclic amines) is 1. The number of amides is 1. The summed E-state index contributed by atoms with van der Waals surface area (Å²) in [4.78, 5) is 20.7. The average molecular weight is 302 g/mol. The van der Waals surface area contributed by atoms with Gasteiger partial charge in [-0.1, -0.05) is 5.16 Å². The fourth-order valence-electron chi connectivity index (χ4n) is 2.72. The van der Waals surface area contributed by atoms with Gasteiger partial charge in [-0.05, 0) is 37.3 Å². The van der Waals surface area contributed by atoms with Crippen LogP contribution in [-0.2, 0) is 6.42 Å². The minimum atomic E-state index is -0.822. The number of aromatic nitrogens is 3. The van der Waals surface area contributed by atoms with Gasteiger partial charge in [-0.15, -0.1) is 0 Å². The lowest BCUT2D eigenvalue weighted by molar-refractivity contribution is 0.122. The molecule has 0 aliphatic carbocycles. The van der Waals surface area contributed by atoms with Crippen LogP contribution < -0.4 is 0 Å². The van der Waals surface area contributed by atoms with Crippen LogP contribution in [0.4, 0.5) is 4.79 Å². The van der Waals surface area contributed by atoms with E-state index < -0.39 is 6.09 Å². The van der Waals surface area contributed by atoms with E-state index in [1.54, 1.807) is 12.4 Å². The molecule has 0 radical (unpaired) electrons. The van der Waals surface area contributed by atoms with Gasteiger partial charge < -0.3 is 14.5 Å². The Bertz CT molecular complexity index is 621. The summed E-state index contributed by atoms with van der Waals surface area (Å²) in [5, 5.41) is 12.9. The van der Waals surface area contributed by atoms with Gasteiger partial charge >= 0.3 is 6.09 Å². The van der Waals surface area contributed by atoms with Crippen LogP contribution in [0.25, 0.3) is 11.4 Å². The number of piperidine rings is 1. The molecule has 1 N–H and O–H groups in total. The largest absolute Gasteiger partial charge is 0.465 e. The highest BCUT2D eigenvalue weighted by atomic mass is 16.5. The zero-order chi connectivity index (χ0) is 15.4. The predicted octanol–water partition coefficient (Wildman–Crippen LogP) is 2.45. The van der Waals surface area contributed by atoms with E-state index in [9.17, 15) is 4.79 Å². The van der Waals surface area contributed by atoms with Crippen molar-refractivity contribution < 1.29 is 14.4 Å². The van der Waals surface area contributed by atoms with Crippen LogP contribution in [0.1, 0.15) is 25.2 Å². The van der Waals surface area contributed by atoms with Crippen molar-refractivity contribution in [2.75, 3.05) is 13.1 Å². The van der Waals surface area contributed by atoms with Crippen molar-refractivity contribution in [3.63, 3.8) is 0 Å². The standard InChI is InChI=1S/C15H18N4O3/c20-15(21)19-9-5-11(6-10-19)1-2-13-17-14(18-22-13)12-3-7-16-8-4-12/h3-4,7-8,11H,1-2,5-6,9-10H2,(H,20,21). The Kier molecular flexibility index (Phi) is 4.32. The number of nitrogens with zero attached hydrogens (tertiary/aromatic N) is 4. The van der Waals surface area contributed by atoms with E-state index in [2.05, 4.69) is 15.1 Å². The molecule has 1 saturated heterocycles. The molecule has 7 heteroatoms. The van der Waals surface area contributed by atoms with Gasteiger partial charge in [0.2, 0.25) is 11.7 Å². The third-order valence-corrected chi connectivity index (χ3v) is 4.06. The molecule has 0 atom stereocenters. The van der Waals surface area contributed by atoms with Gasteiger partial charge in [-0.25, -0.2) is 4.79 Å². The summed E-state index contributed by atoms with van der Waals surface area (Å²) in [6.07, 6.45) is 6.05. The number of carboxylic acid groups (broad SMARTS) is 1. The Morgan fingerprint density at radius 1 is 1.32 bits per heavy atom. The van der Waals surface area contributed by atoms with Crippen molar-refractivity contribution >= 4 is 6.09 Å². The van der Waals surface area contributed by atoms with Gasteiger partial charge in [-0.2, -0.15) is 4.98 Å². The monoisotopic (exact) mass is 302 g/mol. The zero-order valence-electron chi connectivity index (χ0n) is 12.2. The second-order valence-electron chi connectivity index (χ2n) is 5.50. The van der Waals surface area contributed by atoms with E-state index in [4.69, 9.17) is 9.63 Å². The molecule has 0 aromatic carbocycles. The predicted molar refractivity (Wildman–Crippen MR) is 78.2 cm³/mol. The van der Waals surface area contributed by atoms with Gasteiger partial charge in [0.05, 0.1) is 0 Å². The molecule has 1 aliphatic rings. The molecule has 22 heavy (non-hydrogen) atoms. The molecule has 0 saturated carbocycles. The number of aryl methyl sites for hydroxylation is 1. The number of hydrogen-bond acceptors (Lipinski definition) is 5. The lowest BCUT2D eigenvalue weighted by Gasteiger charge is -2.29. The summed E-state index contributed by atoms with van der Waals surface area (Å²) < 4.78 is 5.28. The molecular weight excluding hydrogens is 284 g/mol. The zero-order valence-corrected chi connectivity index (χ0v) is 12.2. The summed E-state index contributed by atoms with van der Waals surface area (Å²) in [6.45, 7) is 1.23. The molecule has 0 bridgehead atoms. The highest BCUT2D eigenvalue weighted by Gasteiger charge is 2.22. The van der Waals surface area contributed by atoms with Crippen LogP contribution in [-0.4, -0.2) is 44.3 Å². The molecule has 1 amide bonds. The Hall–Kier alpha value is -2.44. The molecule has 0 unspecified atom stereocenters. The Morgan fingerprint density at radius 2 is 2.05 bits per heavy atom. The lowest BCUT2D eigenvalue weighted by atomic mass is 9.92. The molecule has 2 aromatic rings. The second-order valence-corrected chi connectivity index (χ2v) is 5.50. The highest BCUT2D eigenvalue weighted by molar-refractivity contribution is 5.64. The minimum Gasteiger partial charge on any atom is -0.465 e. The maximum Gasteiger partial charge on any atom is 0.407 e. The van der Waals surface area contributed by atoms with Crippen molar-refractivity contribution in [2.45, 2.75) is 25.7 Å². The minimum absolute atomic E-state index is 0.520. The van der Waals surface area contributed by atoms with Crippen LogP contribution in [0.5, 0.6) is 0 Å². The van der Waals surface area contributed by atoms with Crippen molar-refractivity contribution in [2.24, 2.45) is 5.92 Å². The van der Waals surface area contributed by atoms with Crippen LogP contribution in [0.3, 0.4) is 0 Å². The first kappa shape index (κ1) is 14.5. The van der Waals surface area contributed by atoms with E-state index in [1.807, 2.05) is 12.1 Å². The first-order valence-electron chi connectivity index (χ1n) is 7.43. The molecule has 0 spiro atoms. The van der Waals surface area contributed by atoms with Crippen molar-refractivity contribution in [1.82, 2.24) is 20.0 Å². The second kappa shape index (κ2) is 6.55.